The third-order valence-corrected chi connectivity index (χ3v) is 6.23. The van der Waals surface area contributed by atoms with E-state index in [1.807, 2.05) is 80.7 Å². The smallest absolute Gasteiger partial charge is 0.227 e. The molecule has 1 N–H and O–H groups in total. The number of rotatable bonds is 6. The quantitative estimate of drug-likeness (QED) is 0.664. The fraction of sp³-hybridized carbons (Fsp3) is 0.269. The van der Waals surface area contributed by atoms with Crippen LogP contribution in [-0.2, 0) is 4.79 Å². The highest BCUT2D eigenvalue weighted by Crippen LogP contribution is 2.61. The number of nitrogens with zero attached hydrogens (tertiary/aromatic N) is 1. The number of benzene rings is 3. The van der Waals surface area contributed by atoms with Gasteiger partial charge >= 0.3 is 0 Å². The van der Waals surface area contributed by atoms with Crippen molar-refractivity contribution in [3.63, 3.8) is 0 Å². The van der Waals surface area contributed by atoms with Gasteiger partial charge in [0.1, 0.15) is 0 Å². The number of aliphatic hydroxyl groups excluding tert-OH is 1. The first-order chi connectivity index (χ1) is 14.1. The van der Waals surface area contributed by atoms with Gasteiger partial charge in [-0.1, -0.05) is 91.0 Å². The number of hydrogen-bond donors (Lipinski definition) is 1. The Morgan fingerprint density at radius 2 is 1.21 bits per heavy atom. The predicted molar refractivity (Wildman–Crippen MR) is 115 cm³/mol. The largest absolute Gasteiger partial charge is 0.386 e. The summed E-state index contributed by atoms with van der Waals surface area (Å²) in [6.45, 7) is 1.91. The second-order valence-electron chi connectivity index (χ2n) is 7.94. The van der Waals surface area contributed by atoms with Gasteiger partial charge in [-0.2, -0.15) is 0 Å². The number of carbonyl (C=O) groups is 1. The molecule has 1 amide bonds. The standard InChI is InChI=1S/C26H27NO2/c1-18(25(28)21-16-10-5-11-17-21)27(2)26(29)24-22(19-12-6-3-7-13-19)23(24)20-14-8-4-9-15-20/h3-18,22-25,28H,1-2H3/t18-,22+,23+,25+/m1/s1. The molecule has 4 rings (SSSR count). The fourth-order valence-electron chi connectivity index (χ4n) is 4.37. The lowest BCUT2D eigenvalue weighted by atomic mass is 10.0. The molecule has 4 atom stereocenters. The Balaban J connectivity index is 1.57. The van der Waals surface area contributed by atoms with Crippen LogP contribution < -0.4 is 0 Å². The normalized spacial score (nSPS) is 22.5. The lowest BCUT2D eigenvalue weighted by Crippen LogP contribution is -2.40. The van der Waals surface area contributed by atoms with Crippen molar-refractivity contribution in [1.29, 1.82) is 0 Å². The average Bonchev–Trinajstić information content (AvgIpc) is 3.54. The maximum Gasteiger partial charge on any atom is 0.227 e. The van der Waals surface area contributed by atoms with E-state index in [4.69, 9.17) is 0 Å². The first-order valence-electron chi connectivity index (χ1n) is 10.2. The maximum absolute atomic E-state index is 13.5. The Morgan fingerprint density at radius 3 is 1.66 bits per heavy atom. The molecular weight excluding hydrogens is 358 g/mol. The summed E-state index contributed by atoms with van der Waals surface area (Å²) in [7, 11) is 1.81. The van der Waals surface area contributed by atoms with E-state index in [-0.39, 0.29) is 29.7 Å². The van der Waals surface area contributed by atoms with Crippen molar-refractivity contribution < 1.29 is 9.90 Å². The summed E-state index contributed by atoms with van der Waals surface area (Å²) in [6.07, 6.45) is -0.714. The van der Waals surface area contributed by atoms with Gasteiger partial charge in [-0.05, 0) is 23.6 Å². The first kappa shape index (κ1) is 19.4. The lowest BCUT2D eigenvalue weighted by Gasteiger charge is -2.29. The van der Waals surface area contributed by atoms with Crippen LogP contribution >= 0.6 is 0 Å². The van der Waals surface area contributed by atoms with E-state index in [1.165, 1.54) is 11.1 Å². The number of hydrogen-bond acceptors (Lipinski definition) is 2. The van der Waals surface area contributed by atoms with Crippen molar-refractivity contribution in [2.45, 2.75) is 30.9 Å². The first-order valence-corrected chi connectivity index (χ1v) is 10.2. The summed E-state index contributed by atoms with van der Waals surface area (Å²) >= 11 is 0. The molecule has 0 aromatic heterocycles. The lowest BCUT2D eigenvalue weighted by molar-refractivity contribution is -0.135. The Labute approximate surface area is 172 Å². The van der Waals surface area contributed by atoms with Gasteiger partial charge in [0.2, 0.25) is 5.91 Å². The minimum Gasteiger partial charge on any atom is -0.386 e. The maximum atomic E-state index is 13.5. The van der Waals surface area contributed by atoms with E-state index >= 15 is 0 Å². The molecular formula is C26H27NO2. The molecule has 1 fully saturated rings. The van der Waals surface area contributed by atoms with E-state index < -0.39 is 6.10 Å². The van der Waals surface area contributed by atoms with Crippen LogP contribution in [0.25, 0.3) is 0 Å². The van der Waals surface area contributed by atoms with Crippen LogP contribution in [0.3, 0.4) is 0 Å². The van der Waals surface area contributed by atoms with Crippen LogP contribution in [0.1, 0.15) is 41.6 Å². The molecule has 0 saturated heterocycles. The van der Waals surface area contributed by atoms with Crippen LogP contribution in [0, 0.1) is 5.92 Å². The minimum absolute atomic E-state index is 0.0928. The molecule has 0 spiro atoms. The molecule has 0 radical (unpaired) electrons. The van der Waals surface area contributed by atoms with Gasteiger partial charge in [0.25, 0.3) is 0 Å². The zero-order chi connectivity index (χ0) is 20.4. The van der Waals surface area contributed by atoms with Crippen molar-refractivity contribution in [2.75, 3.05) is 7.05 Å². The molecule has 3 aromatic rings. The van der Waals surface area contributed by atoms with E-state index in [9.17, 15) is 9.90 Å². The molecule has 1 saturated carbocycles. The third-order valence-electron chi connectivity index (χ3n) is 6.23. The highest BCUT2D eigenvalue weighted by molar-refractivity contribution is 5.85. The van der Waals surface area contributed by atoms with E-state index in [0.717, 1.165) is 5.56 Å². The molecule has 0 heterocycles. The molecule has 0 aliphatic heterocycles. The molecule has 1 aliphatic carbocycles. The Morgan fingerprint density at radius 1 is 0.793 bits per heavy atom. The Hall–Kier alpha value is -2.91. The number of amides is 1. The zero-order valence-electron chi connectivity index (χ0n) is 16.8. The molecule has 0 unspecified atom stereocenters. The molecule has 1 aliphatic rings. The average molecular weight is 386 g/mol. The van der Waals surface area contributed by atoms with E-state index in [0.29, 0.717) is 0 Å². The van der Waals surface area contributed by atoms with Gasteiger partial charge in [-0.25, -0.2) is 0 Å². The van der Waals surface area contributed by atoms with Gasteiger partial charge in [0, 0.05) is 18.9 Å². The molecule has 3 aromatic carbocycles. The summed E-state index contributed by atoms with van der Waals surface area (Å²) in [6, 6.07) is 29.8. The van der Waals surface area contributed by atoms with Gasteiger partial charge < -0.3 is 10.0 Å². The SMILES string of the molecule is C[C@H]([C@H](O)c1ccccc1)N(C)C(=O)C1[C@@H](c2ccccc2)[C@@H]1c1ccccc1. The fourth-order valence-corrected chi connectivity index (χ4v) is 4.37. The van der Waals surface area contributed by atoms with Gasteiger partial charge in [0.15, 0.2) is 0 Å². The van der Waals surface area contributed by atoms with Crippen LogP contribution in [0.5, 0.6) is 0 Å². The monoisotopic (exact) mass is 385 g/mol. The van der Waals surface area contributed by atoms with Crippen LogP contribution in [0.4, 0.5) is 0 Å². The van der Waals surface area contributed by atoms with Crippen molar-refractivity contribution in [3.8, 4) is 0 Å². The molecule has 29 heavy (non-hydrogen) atoms. The van der Waals surface area contributed by atoms with Gasteiger partial charge in [-0.3, -0.25) is 4.79 Å². The predicted octanol–water partition coefficient (Wildman–Crippen LogP) is 4.76. The topological polar surface area (TPSA) is 40.5 Å². The van der Waals surface area contributed by atoms with Crippen molar-refractivity contribution in [1.82, 2.24) is 4.90 Å². The van der Waals surface area contributed by atoms with Gasteiger partial charge in [-0.15, -0.1) is 0 Å². The molecule has 3 nitrogen and oxygen atoms in total. The highest BCUT2D eigenvalue weighted by atomic mass is 16.3. The van der Waals surface area contributed by atoms with Crippen molar-refractivity contribution >= 4 is 5.91 Å². The van der Waals surface area contributed by atoms with Crippen molar-refractivity contribution in [2.24, 2.45) is 5.92 Å². The highest BCUT2D eigenvalue weighted by Gasteiger charge is 2.57. The minimum atomic E-state index is -0.714. The Bertz CT molecular complexity index is 897. The zero-order valence-corrected chi connectivity index (χ0v) is 16.8. The molecule has 3 heteroatoms. The van der Waals surface area contributed by atoms with Crippen LogP contribution in [0.2, 0.25) is 0 Å². The number of carbonyl (C=O) groups excluding carboxylic acids is 1. The van der Waals surface area contributed by atoms with Crippen LogP contribution in [0.15, 0.2) is 91.0 Å². The summed E-state index contributed by atoms with van der Waals surface area (Å²) < 4.78 is 0. The molecule has 148 valence electrons. The van der Waals surface area contributed by atoms with E-state index in [1.54, 1.807) is 4.90 Å². The Kier molecular flexibility index (Phi) is 5.50. The molecule has 0 bridgehead atoms. The summed E-state index contributed by atoms with van der Waals surface area (Å²) in [5.41, 5.74) is 3.23. The number of likely N-dealkylation sites (N-methyl/N-ethyl adjacent to an activating group) is 1. The van der Waals surface area contributed by atoms with Crippen LogP contribution in [-0.4, -0.2) is 29.0 Å². The second-order valence-corrected chi connectivity index (χ2v) is 7.94. The second kappa shape index (κ2) is 8.22. The van der Waals surface area contributed by atoms with Gasteiger partial charge in [0.05, 0.1) is 18.1 Å². The summed E-state index contributed by atoms with van der Waals surface area (Å²) in [5.74, 6) is 0.342. The third kappa shape index (κ3) is 3.83. The summed E-state index contributed by atoms with van der Waals surface area (Å²) in [4.78, 5) is 15.2. The van der Waals surface area contributed by atoms with Crippen molar-refractivity contribution in [3.05, 3.63) is 108 Å². The van der Waals surface area contributed by atoms with E-state index in [2.05, 4.69) is 24.3 Å². The summed E-state index contributed by atoms with van der Waals surface area (Å²) in [5, 5.41) is 10.8. The number of aliphatic hydroxyl groups is 1.